The van der Waals surface area contributed by atoms with Gasteiger partial charge in [-0.05, 0) is 36.8 Å². The van der Waals surface area contributed by atoms with Gasteiger partial charge >= 0.3 is 0 Å². The van der Waals surface area contributed by atoms with E-state index < -0.39 is 0 Å². The van der Waals surface area contributed by atoms with Crippen LogP contribution in [0.4, 0.5) is 0 Å². The molecule has 0 aliphatic carbocycles. The summed E-state index contributed by atoms with van der Waals surface area (Å²) in [5.74, 6) is 1.73. The van der Waals surface area contributed by atoms with E-state index in [-0.39, 0.29) is 0 Å². The van der Waals surface area contributed by atoms with Crippen LogP contribution in [0.25, 0.3) is 11.0 Å². The molecule has 3 rings (SSSR count). The van der Waals surface area contributed by atoms with E-state index in [1.165, 1.54) is 0 Å². The van der Waals surface area contributed by atoms with Gasteiger partial charge < -0.3 is 14.0 Å². The Labute approximate surface area is 140 Å². The Morgan fingerprint density at radius 3 is 2.78 bits per heavy atom. The van der Waals surface area contributed by atoms with E-state index in [0.29, 0.717) is 24.8 Å². The van der Waals surface area contributed by atoms with E-state index in [4.69, 9.17) is 21.1 Å². The van der Waals surface area contributed by atoms with Gasteiger partial charge in [0, 0.05) is 18.7 Å². The van der Waals surface area contributed by atoms with Gasteiger partial charge in [-0.2, -0.15) is 0 Å². The molecule has 2 aromatic carbocycles. The minimum Gasteiger partial charge on any atom is -0.485 e. The lowest BCUT2D eigenvalue weighted by atomic mass is 10.2. The summed E-state index contributed by atoms with van der Waals surface area (Å²) in [6, 6.07) is 13.7. The lowest BCUT2D eigenvalue weighted by Gasteiger charge is -2.11. The normalized spacial score (nSPS) is 11.1. The fourth-order valence-electron chi connectivity index (χ4n) is 2.55. The van der Waals surface area contributed by atoms with Gasteiger partial charge in [0.05, 0.1) is 17.6 Å². The molecule has 0 unspecified atom stereocenters. The molecule has 0 amide bonds. The average Bonchev–Trinajstić information content (AvgIpc) is 2.89. The number of hydrogen-bond donors (Lipinski definition) is 0. The highest BCUT2D eigenvalue weighted by atomic mass is 35.5. The molecule has 0 N–H and O–H groups in total. The van der Waals surface area contributed by atoms with Gasteiger partial charge in [0.25, 0.3) is 0 Å². The van der Waals surface area contributed by atoms with Gasteiger partial charge in [-0.3, -0.25) is 0 Å². The second-order valence-corrected chi connectivity index (χ2v) is 5.80. The first-order chi connectivity index (χ1) is 11.2. The molecule has 1 heterocycles. The highest BCUT2D eigenvalue weighted by molar-refractivity contribution is 6.31. The van der Waals surface area contributed by atoms with Crippen molar-refractivity contribution in [2.75, 3.05) is 13.7 Å². The number of fused-ring (bicyclic) bond motifs is 1. The summed E-state index contributed by atoms with van der Waals surface area (Å²) in [6.45, 7) is 3.75. The third-order valence-corrected chi connectivity index (χ3v) is 3.99. The third-order valence-electron chi connectivity index (χ3n) is 3.76. The maximum absolute atomic E-state index is 6.12. The molecule has 0 fully saturated rings. The Hall–Kier alpha value is -2.04. The van der Waals surface area contributed by atoms with E-state index in [2.05, 4.69) is 9.55 Å². The third kappa shape index (κ3) is 3.49. The molecule has 0 atom stereocenters. The molecule has 3 aromatic rings. The molecule has 120 valence electrons. The van der Waals surface area contributed by atoms with Crippen molar-refractivity contribution in [2.24, 2.45) is 0 Å². The quantitative estimate of drug-likeness (QED) is 0.679. The van der Waals surface area contributed by atoms with Crippen molar-refractivity contribution in [3.05, 3.63) is 58.9 Å². The second-order valence-electron chi connectivity index (χ2n) is 5.36. The van der Waals surface area contributed by atoms with Crippen LogP contribution in [0.15, 0.2) is 42.5 Å². The first-order valence-electron chi connectivity index (χ1n) is 7.51. The van der Waals surface area contributed by atoms with E-state index in [1.807, 2.05) is 49.4 Å². The monoisotopic (exact) mass is 330 g/mol. The van der Waals surface area contributed by atoms with E-state index in [0.717, 1.165) is 28.2 Å². The molecule has 0 bridgehead atoms. The number of imidazole rings is 1. The first-order valence-corrected chi connectivity index (χ1v) is 7.89. The maximum Gasteiger partial charge on any atom is 0.148 e. The van der Waals surface area contributed by atoms with E-state index in [9.17, 15) is 0 Å². The predicted molar refractivity (Wildman–Crippen MR) is 92.1 cm³/mol. The lowest BCUT2D eigenvalue weighted by molar-refractivity contribution is 0.185. The average molecular weight is 331 g/mol. The number of nitrogens with zero attached hydrogens (tertiary/aromatic N) is 2. The van der Waals surface area contributed by atoms with Gasteiger partial charge in [-0.25, -0.2) is 4.98 Å². The van der Waals surface area contributed by atoms with Gasteiger partial charge in [-0.15, -0.1) is 0 Å². The number of hydrogen-bond acceptors (Lipinski definition) is 3. The minimum absolute atomic E-state index is 0.404. The zero-order chi connectivity index (χ0) is 16.2. The Kier molecular flexibility index (Phi) is 4.84. The van der Waals surface area contributed by atoms with Crippen LogP contribution >= 0.6 is 11.6 Å². The molecule has 0 aliphatic rings. The number of benzene rings is 2. The van der Waals surface area contributed by atoms with E-state index in [1.54, 1.807) is 7.11 Å². The van der Waals surface area contributed by atoms with Gasteiger partial charge in [0.1, 0.15) is 18.2 Å². The van der Waals surface area contributed by atoms with Crippen LogP contribution < -0.4 is 4.74 Å². The predicted octanol–water partition coefficient (Wildman–Crippen LogP) is 4.22. The lowest BCUT2D eigenvalue weighted by Crippen LogP contribution is -2.11. The summed E-state index contributed by atoms with van der Waals surface area (Å²) < 4.78 is 13.3. The summed E-state index contributed by atoms with van der Waals surface area (Å²) in [5, 5.41) is 0.697. The highest BCUT2D eigenvalue weighted by Gasteiger charge is 2.12. The molecule has 0 aliphatic heterocycles. The number of rotatable bonds is 6. The zero-order valence-corrected chi connectivity index (χ0v) is 14.0. The Balaban J connectivity index is 1.91. The van der Waals surface area contributed by atoms with Crippen LogP contribution in [0, 0.1) is 6.92 Å². The molecule has 23 heavy (non-hydrogen) atoms. The van der Waals surface area contributed by atoms with Crippen LogP contribution in [0.3, 0.4) is 0 Å². The smallest absolute Gasteiger partial charge is 0.148 e. The summed E-state index contributed by atoms with van der Waals surface area (Å²) in [4.78, 5) is 4.68. The number of para-hydroxylation sites is 1. The summed E-state index contributed by atoms with van der Waals surface area (Å²) >= 11 is 6.12. The topological polar surface area (TPSA) is 36.3 Å². The van der Waals surface area contributed by atoms with Gasteiger partial charge in [0.2, 0.25) is 0 Å². The van der Waals surface area contributed by atoms with Crippen LogP contribution in [0.2, 0.25) is 5.02 Å². The van der Waals surface area contributed by atoms with Crippen molar-refractivity contribution in [3.8, 4) is 5.75 Å². The Morgan fingerprint density at radius 2 is 2.00 bits per heavy atom. The molecule has 0 radical (unpaired) electrons. The second kappa shape index (κ2) is 7.02. The zero-order valence-electron chi connectivity index (χ0n) is 13.3. The molecule has 0 saturated heterocycles. The van der Waals surface area contributed by atoms with Crippen LogP contribution in [0.1, 0.15) is 11.4 Å². The largest absolute Gasteiger partial charge is 0.485 e. The summed E-state index contributed by atoms with van der Waals surface area (Å²) in [5.41, 5.74) is 3.02. The molecule has 0 saturated carbocycles. The van der Waals surface area contributed by atoms with Crippen molar-refractivity contribution in [1.82, 2.24) is 9.55 Å². The summed E-state index contributed by atoms with van der Waals surface area (Å²) in [6.07, 6.45) is 0. The fourth-order valence-corrected chi connectivity index (χ4v) is 2.72. The SMILES string of the molecule is COCCn1c(COc2ccccc2C)nc2ccc(Cl)cc21. The number of ether oxygens (including phenoxy) is 2. The molecule has 4 nitrogen and oxygen atoms in total. The van der Waals surface area contributed by atoms with Crippen LogP contribution in [0.5, 0.6) is 5.75 Å². The van der Waals surface area contributed by atoms with Crippen LogP contribution in [-0.4, -0.2) is 23.3 Å². The van der Waals surface area contributed by atoms with Crippen molar-refractivity contribution >= 4 is 22.6 Å². The van der Waals surface area contributed by atoms with Gasteiger partial charge in [0.15, 0.2) is 0 Å². The fraction of sp³-hybridized carbons (Fsp3) is 0.278. The van der Waals surface area contributed by atoms with Crippen molar-refractivity contribution < 1.29 is 9.47 Å². The number of methoxy groups -OCH3 is 1. The number of aromatic nitrogens is 2. The minimum atomic E-state index is 0.404. The molecule has 0 spiro atoms. The van der Waals surface area contributed by atoms with Gasteiger partial charge in [-0.1, -0.05) is 29.8 Å². The van der Waals surface area contributed by atoms with Crippen LogP contribution in [-0.2, 0) is 17.9 Å². The maximum atomic E-state index is 6.12. The van der Waals surface area contributed by atoms with Crippen molar-refractivity contribution in [2.45, 2.75) is 20.1 Å². The Morgan fingerprint density at radius 1 is 1.17 bits per heavy atom. The standard InChI is InChI=1S/C18H19ClN2O2/c1-13-5-3-4-6-17(13)23-12-18-20-15-8-7-14(19)11-16(15)21(18)9-10-22-2/h3-8,11H,9-10,12H2,1-2H3. The number of halogens is 1. The Bertz CT molecular complexity index is 814. The van der Waals surface area contributed by atoms with Crippen molar-refractivity contribution in [3.63, 3.8) is 0 Å². The van der Waals surface area contributed by atoms with Crippen molar-refractivity contribution in [1.29, 1.82) is 0 Å². The first kappa shape index (κ1) is 15.8. The molecule has 5 heteroatoms. The number of aryl methyl sites for hydroxylation is 1. The summed E-state index contributed by atoms with van der Waals surface area (Å²) in [7, 11) is 1.69. The molecule has 1 aromatic heterocycles. The van der Waals surface area contributed by atoms with E-state index >= 15 is 0 Å². The highest BCUT2D eigenvalue weighted by Crippen LogP contribution is 2.23. The molecular weight excluding hydrogens is 312 g/mol. The molecular formula is C18H19ClN2O2.